The molecule has 0 spiro atoms. The van der Waals surface area contributed by atoms with Crippen LogP contribution in [-0.4, -0.2) is 27.7 Å². The number of rotatable bonds is 3. The number of carbonyl (C=O) groups is 1. The van der Waals surface area contributed by atoms with Crippen molar-refractivity contribution < 1.29 is 9.53 Å². The minimum atomic E-state index is -0.599. The van der Waals surface area contributed by atoms with Gasteiger partial charge >= 0.3 is 5.97 Å². The Hall–Kier alpha value is -3.19. The van der Waals surface area contributed by atoms with Crippen molar-refractivity contribution in [3.05, 3.63) is 81.2 Å². The average Bonchev–Trinajstić information content (AvgIpc) is 3.13. The van der Waals surface area contributed by atoms with E-state index in [1.807, 2.05) is 54.6 Å². The van der Waals surface area contributed by atoms with Gasteiger partial charge in [-0.05, 0) is 23.3 Å². The fourth-order valence-corrected chi connectivity index (χ4v) is 3.20. The molecule has 0 fully saturated rings. The molecule has 0 atom stereocenters. The minimum Gasteiger partial charge on any atom is -0.464 e. The first-order valence-corrected chi connectivity index (χ1v) is 8.93. The van der Waals surface area contributed by atoms with Gasteiger partial charge in [-0.25, -0.2) is 4.79 Å². The zero-order valence-corrected chi connectivity index (χ0v) is 15.9. The Kier molecular flexibility index (Phi) is 4.37. The number of nitrogens with zero attached hydrogens (tertiary/aromatic N) is 2. The number of fused-ring (bicyclic) bond motifs is 1. The van der Waals surface area contributed by atoms with E-state index in [4.69, 9.17) is 4.74 Å². The van der Waals surface area contributed by atoms with Gasteiger partial charge in [0.2, 0.25) is 0 Å². The summed E-state index contributed by atoms with van der Waals surface area (Å²) in [5, 5.41) is 4.11. The van der Waals surface area contributed by atoms with E-state index < -0.39 is 5.97 Å². The quantitative estimate of drug-likeness (QED) is 0.506. The summed E-state index contributed by atoms with van der Waals surface area (Å²) < 4.78 is 6.84. The number of carbonyl (C=O) groups excluding carboxylic acids is 1. The monoisotopic (exact) mass is 423 g/mol. The van der Waals surface area contributed by atoms with Crippen LogP contribution in [-0.2, 0) is 4.74 Å². The van der Waals surface area contributed by atoms with E-state index in [1.54, 1.807) is 0 Å². The van der Waals surface area contributed by atoms with Crippen LogP contribution in [0.2, 0.25) is 0 Å². The molecule has 0 aliphatic heterocycles. The topological polar surface area (TPSA) is 76.5 Å². The molecule has 0 unspecified atom stereocenters. The van der Waals surface area contributed by atoms with Crippen molar-refractivity contribution in [1.29, 1.82) is 0 Å². The van der Waals surface area contributed by atoms with Crippen LogP contribution < -0.4 is 5.56 Å². The molecule has 0 saturated carbocycles. The molecule has 2 heterocycles. The van der Waals surface area contributed by atoms with E-state index >= 15 is 0 Å². The summed E-state index contributed by atoms with van der Waals surface area (Å²) in [5.41, 5.74) is 2.90. The fourth-order valence-electron chi connectivity index (χ4n) is 2.94. The van der Waals surface area contributed by atoms with Crippen molar-refractivity contribution in [1.82, 2.24) is 14.6 Å². The molecule has 2 aromatic heterocycles. The average molecular weight is 424 g/mol. The molecule has 6 nitrogen and oxygen atoms in total. The third-order valence-corrected chi connectivity index (χ3v) is 4.74. The van der Waals surface area contributed by atoms with Crippen molar-refractivity contribution >= 4 is 27.5 Å². The van der Waals surface area contributed by atoms with Gasteiger partial charge in [-0.3, -0.25) is 4.79 Å². The highest BCUT2D eigenvalue weighted by Gasteiger charge is 2.19. The Bertz CT molecular complexity index is 1200. The lowest BCUT2D eigenvalue weighted by Gasteiger charge is -2.11. The van der Waals surface area contributed by atoms with Crippen LogP contribution in [0, 0.1) is 0 Å². The molecular weight excluding hydrogens is 410 g/mol. The highest BCUT2D eigenvalue weighted by Crippen LogP contribution is 2.29. The molecule has 7 heteroatoms. The SMILES string of the molecule is COC(=O)c1cc2[nH]c(-c3ccc(Br)cc3)c(-c3ccccc3)c(=O)n2n1. The number of benzene rings is 2. The predicted molar refractivity (Wildman–Crippen MR) is 106 cm³/mol. The van der Waals surface area contributed by atoms with Crippen molar-refractivity contribution in [2.75, 3.05) is 7.11 Å². The highest BCUT2D eigenvalue weighted by molar-refractivity contribution is 9.10. The first-order chi connectivity index (χ1) is 13.1. The summed E-state index contributed by atoms with van der Waals surface area (Å²) in [7, 11) is 1.27. The van der Waals surface area contributed by atoms with E-state index in [1.165, 1.54) is 17.7 Å². The van der Waals surface area contributed by atoms with Crippen LogP contribution >= 0.6 is 15.9 Å². The number of nitrogens with one attached hydrogen (secondary N) is 1. The zero-order valence-electron chi connectivity index (χ0n) is 14.3. The van der Waals surface area contributed by atoms with Crippen molar-refractivity contribution in [3.8, 4) is 22.4 Å². The van der Waals surface area contributed by atoms with E-state index in [0.29, 0.717) is 16.9 Å². The Morgan fingerprint density at radius 2 is 1.78 bits per heavy atom. The number of esters is 1. The lowest BCUT2D eigenvalue weighted by atomic mass is 10.0. The van der Waals surface area contributed by atoms with Gasteiger partial charge in [0.05, 0.1) is 18.4 Å². The molecule has 4 rings (SSSR count). The number of H-pyrrole nitrogens is 1. The maximum atomic E-state index is 13.2. The van der Waals surface area contributed by atoms with Crippen LogP contribution in [0.5, 0.6) is 0 Å². The van der Waals surface area contributed by atoms with E-state index in [0.717, 1.165) is 15.6 Å². The molecule has 0 amide bonds. The molecular formula is C20H14BrN3O3. The maximum absolute atomic E-state index is 13.2. The van der Waals surface area contributed by atoms with Gasteiger partial charge in [0, 0.05) is 10.5 Å². The summed E-state index contributed by atoms with van der Waals surface area (Å²) >= 11 is 3.43. The van der Waals surface area contributed by atoms with Crippen molar-refractivity contribution in [2.24, 2.45) is 0 Å². The smallest absolute Gasteiger partial charge is 0.358 e. The Morgan fingerprint density at radius 3 is 2.44 bits per heavy atom. The largest absolute Gasteiger partial charge is 0.464 e. The summed E-state index contributed by atoms with van der Waals surface area (Å²) in [4.78, 5) is 28.3. The van der Waals surface area contributed by atoms with E-state index in [9.17, 15) is 9.59 Å². The standard InChI is InChI=1S/C20H14BrN3O3/c1-27-20(26)15-11-16-22-18(13-7-9-14(21)10-8-13)17(19(25)24(16)23-15)12-5-3-2-4-6-12/h2-11,22H,1H3. The molecule has 0 aliphatic rings. The first kappa shape index (κ1) is 17.2. The van der Waals surface area contributed by atoms with Crippen LogP contribution in [0.25, 0.3) is 28.0 Å². The molecule has 0 saturated heterocycles. The second kappa shape index (κ2) is 6.85. The molecule has 2 aromatic carbocycles. The van der Waals surface area contributed by atoms with Gasteiger partial charge in [-0.1, -0.05) is 58.4 Å². The molecule has 0 radical (unpaired) electrons. The van der Waals surface area contributed by atoms with Gasteiger partial charge in [0.15, 0.2) is 5.69 Å². The number of methoxy groups -OCH3 is 1. The Balaban J connectivity index is 2.06. The van der Waals surface area contributed by atoms with Gasteiger partial charge < -0.3 is 9.72 Å². The summed E-state index contributed by atoms with van der Waals surface area (Å²) in [6.07, 6.45) is 0. The predicted octanol–water partition coefficient (Wildman–Crippen LogP) is 3.91. The molecule has 134 valence electrons. The number of halogens is 1. The second-order valence-corrected chi connectivity index (χ2v) is 6.79. The zero-order chi connectivity index (χ0) is 19.0. The van der Waals surface area contributed by atoms with Gasteiger partial charge in [-0.15, -0.1) is 0 Å². The first-order valence-electron chi connectivity index (χ1n) is 8.14. The van der Waals surface area contributed by atoms with Gasteiger partial charge in [0.25, 0.3) is 5.56 Å². The Labute approximate surface area is 162 Å². The van der Waals surface area contributed by atoms with Crippen LogP contribution in [0.15, 0.2) is 69.9 Å². The maximum Gasteiger partial charge on any atom is 0.358 e. The summed E-state index contributed by atoms with van der Waals surface area (Å²) in [6, 6.07) is 18.5. The lowest BCUT2D eigenvalue weighted by Crippen LogP contribution is -2.19. The molecule has 0 aliphatic carbocycles. The molecule has 1 N–H and O–H groups in total. The van der Waals surface area contributed by atoms with Crippen LogP contribution in [0.1, 0.15) is 10.5 Å². The molecule has 0 bridgehead atoms. The number of aromatic amines is 1. The number of hydrogen-bond acceptors (Lipinski definition) is 4. The van der Waals surface area contributed by atoms with Gasteiger partial charge in [0.1, 0.15) is 5.65 Å². The third-order valence-electron chi connectivity index (χ3n) is 4.21. The number of aromatic nitrogens is 3. The number of ether oxygens (including phenoxy) is 1. The third kappa shape index (κ3) is 3.06. The van der Waals surface area contributed by atoms with Crippen LogP contribution in [0.4, 0.5) is 0 Å². The molecule has 27 heavy (non-hydrogen) atoms. The lowest BCUT2D eigenvalue weighted by molar-refractivity contribution is 0.0593. The number of hydrogen-bond donors (Lipinski definition) is 1. The van der Waals surface area contributed by atoms with Crippen LogP contribution in [0.3, 0.4) is 0 Å². The highest BCUT2D eigenvalue weighted by atomic mass is 79.9. The van der Waals surface area contributed by atoms with E-state index in [2.05, 4.69) is 26.0 Å². The molecule has 4 aromatic rings. The summed E-state index contributed by atoms with van der Waals surface area (Å²) in [5.74, 6) is -0.599. The van der Waals surface area contributed by atoms with E-state index in [-0.39, 0.29) is 11.3 Å². The van der Waals surface area contributed by atoms with Gasteiger partial charge in [-0.2, -0.15) is 9.61 Å². The normalized spacial score (nSPS) is 10.9. The summed E-state index contributed by atoms with van der Waals surface area (Å²) in [6.45, 7) is 0. The fraction of sp³-hybridized carbons (Fsp3) is 0.0500. The van der Waals surface area contributed by atoms with Crippen molar-refractivity contribution in [3.63, 3.8) is 0 Å². The second-order valence-electron chi connectivity index (χ2n) is 5.87. The minimum absolute atomic E-state index is 0.0674. The van der Waals surface area contributed by atoms with Crippen molar-refractivity contribution in [2.45, 2.75) is 0 Å². The Morgan fingerprint density at radius 1 is 1.07 bits per heavy atom.